The molecule has 95 valence electrons. The van der Waals surface area contributed by atoms with Gasteiger partial charge in [0.15, 0.2) is 0 Å². The smallest absolute Gasteiger partial charge is 0.0163 e. The minimum atomic E-state index is 0. The van der Waals surface area contributed by atoms with Gasteiger partial charge in [0, 0.05) is 26.3 Å². The molecule has 1 fully saturated rings. The summed E-state index contributed by atoms with van der Waals surface area (Å²) in [6, 6.07) is 15.7. The Morgan fingerprint density at radius 1 is 1.11 bits per heavy atom. The maximum atomic E-state index is 4.45. The summed E-state index contributed by atoms with van der Waals surface area (Å²) in [7, 11) is 0. The van der Waals surface area contributed by atoms with E-state index in [0.29, 0.717) is 0 Å². The molecule has 1 aromatic carbocycles. The molecule has 0 amide bonds. The molecule has 2 heteroatoms. The van der Waals surface area contributed by atoms with Crippen molar-refractivity contribution in [3.05, 3.63) is 54.2 Å². The van der Waals surface area contributed by atoms with Gasteiger partial charge in [-0.15, -0.1) is 35.9 Å². The third kappa shape index (κ3) is 2.88. The number of benzene rings is 1. The van der Waals surface area contributed by atoms with Crippen LogP contribution in [-0.4, -0.2) is 4.98 Å². The van der Waals surface area contributed by atoms with E-state index in [1.165, 1.54) is 31.2 Å². The Hall–Kier alpha value is -0.981. The van der Waals surface area contributed by atoms with Crippen LogP contribution >= 0.6 is 0 Å². The van der Waals surface area contributed by atoms with Crippen LogP contribution in [0.2, 0.25) is 0 Å². The van der Waals surface area contributed by atoms with Crippen LogP contribution in [0.3, 0.4) is 0 Å². The molecule has 18 heavy (non-hydrogen) atoms. The number of nitrogens with zero attached hydrogens (tertiary/aromatic N) is 1. The predicted molar refractivity (Wildman–Crippen MR) is 69.7 cm³/mol. The Bertz CT molecular complexity index is 489. The fraction of sp³-hybridized carbons (Fsp3) is 0.312. The number of aromatic nitrogens is 1. The van der Waals surface area contributed by atoms with Crippen LogP contribution in [-0.2, 0) is 20.1 Å². The van der Waals surface area contributed by atoms with Crippen LogP contribution < -0.4 is 0 Å². The second-order valence-electron chi connectivity index (χ2n) is 4.73. The summed E-state index contributed by atoms with van der Waals surface area (Å²) in [4.78, 5) is 4.45. The fourth-order valence-corrected chi connectivity index (χ4v) is 2.66. The van der Waals surface area contributed by atoms with Crippen molar-refractivity contribution in [2.24, 2.45) is 0 Å². The molecule has 0 N–H and O–H groups in total. The summed E-state index contributed by atoms with van der Waals surface area (Å²) in [6.45, 7) is 0. The van der Waals surface area contributed by atoms with Gasteiger partial charge in [-0.3, -0.25) is 0 Å². The van der Waals surface area contributed by atoms with Gasteiger partial charge in [0.1, 0.15) is 0 Å². The van der Waals surface area contributed by atoms with Crippen LogP contribution in [0.25, 0.3) is 11.3 Å². The molecule has 1 radical (unpaired) electrons. The van der Waals surface area contributed by atoms with Crippen LogP contribution in [0.1, 0.15) is 37.2 Å². The van der Waals surface area contributed by atoms with E-state index in [9.17, 15) is 0 Å². The molecular formula is C16H16IrN-. The van der Waals surface area contributed by atoms with Crippen molar-refractivity contribution in [1.29, 1.82) is 0 Å². The molecule has 1 aromatic heterocycles. The maximum Gasteiger partial charge on any atom is 0.0163 e. The first-order chi connectivity index (χ1) is 8.43. The SMILES string of the molecule is [Ir].[c-]1ccccc1-c1cc(C2CCCC2)ccn1. The van der Waals surface area contributed by atoms with E-state index >= 15 is 0 Å². The Morgan fingerprint density at radius 2 is 1.94 bits per heavy atom. The van der Waals surface area contributed by atoms with Gasteiger partial charge in [0.25, 0.3) is 0 Å². The van der Waals surface area contributed by atoms with Crippen LogP contribution in [0.4, 0.5) is 0 Å². The van der Waals surface area contributed by atoms with Crippen molar-refractivity contribution in [1.82, 2.24) is 4.98 Å². The summed E-state index contributed by atoms with van der Waals surface area (Å²) < 4.78 is 0. The summed E-state index contributed by atoms with van der Waals surface area (Å²) in [5.41, 5.74) is 3.59. The van der Waals surface area contributed by atoms with Crippen LogP contribution in [0.5, 0.6) is 0 Å². The zero-order valence-electron chi connectivity index (χ0n) is 10.2. The van der Waals surface area contributed by atoms with Gasteiger partial charge in [-0.25, -0.2) is 0 Å². The normalized spacial score (nSPS) is 15.3. The molecule has 0 unspecified atom stereocenters. The summed E-state index contributed by atoms with van der Waals surface area (Å²) in [6.07, 6.45) is 7.35. The average molecular weight is 415 g/mol. The van der Waals surface area contributed by atoms with E-state index in [-0.39, 0.29) is 20.1 Å². The zero-order valence-corrected chi connectivity index (χ0v) is 12.6. The molecule has 0 atom stereocenters. The van der Waals surface area contributed by atoms with Crippen molar-refractivity contribution in [2.75, 3.05) is 0 Å². The molecule has 0 bridgehead atoms. The van der Waals surface area contributed by atoms with Crippen LogP contribution in [0.15, 0.2) is 42.6 Å². The Balaban J connectivity index is 0.00000120. The van der Waals surface area contributed by atoms with Gasteiger partial charge in [-0.2, -0.15) is 0 Å². The van der Waals surface area contributed by atoms with Crippen molar-refractivity contribution in [2.45, 2.75) is 31.6 Å². The van der Waals surface area contributed by atoms with E-state index in [4.69, 9.17) is 0 Å². The quantitative estimate of drug-likeness (QED) is 0.671. The molecule has 0 spiro atoms. The Labute approximate surface area is 122 Å². The second-order valence-corrected chi connectivity index (χ2v) is 4.73. The van der Waals surface area contributed by atoms with Gasteiger partial charge < -0.3 is 4.98 Å². The molecule has 1 aliphatic rings. The largest absolute Gasteiger partial charge is 0.305 e. The molecule has 2 aromatic rings. The number of pyridine rings is 1. The average Bonchev–Trinajstić information content (AvgIpc) is 2.94. The van der Waals surface area contributed by atoms with Crippen molar-refractivity contribution in [3.63, 3.8) is 0 Å². The third-order valence-electron chi connectivity index (χ3n) is 3.60. The standard InChI is InChI=1S/C16H16N.Ir/c1-2-8-14(9-3-1)16-12-15(10-11-17-16)13-6-4-5-7-13;/h1-3,8,10-13H,4-7H2;/q-1;. The van der Waals surface area contributed by atoms with Gasteiger partial charge in [-0.1, -0.05) is 24.5 Å². The van der Waals surface area contributed by atoms with E-state index in [1.807, 2.05) is 24.4 Å². The molecule has 1 nitrogen and oxygen atoms in total. The van der Waals surface area contributed by atoms with E-state index < -0.39 is 0 Å². The van der Waals surface area contributed by atoms with Gasteiger partial charge in [0.05, 0.1) is 0 Å². The van der Waals surface area contributed by atoms with Gasteiger partial charge >= 0.3 is 0 Å². The summed E-state index contributed by atoms with van der Waals surface area (Å²) >= 11 is 0. The number of hydrogen-bond acceptors (Lipinski definition) is 1. The Morgan fingerprint density at radius 3 is 2.67 bits per heavy atom. The summed E-state index contributed by atoms with van der Waals surface area (Å²) in [5, 5.41) is 0. The summed E-state index contributed by atoms with van der Waals surface area (Å²) in [5.74, 6) is 0.750. The molecular weight excluding hydrogens is 398 g/mol. The van der Waals surface area contributed by atoms with Crippen molar-refractivity contribution < 1.29 is 20.1 Å². The topological polar surface area (TPSA) is 12.9 Å². The first-order valence-electron chi connectivity index (χ1n) is 6.36. The molecule has 0 aliphatic heterocycles. The second kappa shape index (κ2) is 6.26. The van der Waals surface area contributed by atoms with E-state index in [1.54, 1.807) is 0 Å². The number of hydrogen-bond donors (Lipinski definition) is 0. The predicted octanol–water partition coefficient (Wildman–Crippen LogP) is 4.20. The molecule has 1 heterocycles. The molecule has 0 saturated heterocycles. The monoisotopic (exact) mass is 415 g/mol. The minimum Gasteiger partial charge on any atom is -0.305 e. The van der Waals surface area contributed by atoms with Crippen molar-refractivity contribution in [3.8, 4) is 11.3 Å². The Kier molecular flexibility index (Phi) is 4.68. The first kappa shape index (κ1) is 13.5. The van der Waals surface area contributed by atoms with Gasteiger partial charge in [0.2, 0.25) is 0 Å². The molecule has 3 rings (SSSR count). The molecule has 1 aliphatic carbocycles. The minimum absolute atomic E-state index is 0. The van der Waals surface area contributed by atoms with E-state index in [0.717, 1.165) is 17.2 Å². The van der Waals surface area contributed by atoms with Crippen LogP contribution in [0, 0.1) is 6.07 Å². The number of rotatable bonds is 2. The fourth-order valence-electron chi connectivity index (χ4n) is 2.66. The van der Waals surface area contributed by atoms with Crippen molar-refractivity contribution >= 4 is 0 Å². The molecule has 1 saturated carbocycles. The first-order valence-corrected chi connectivity index (χ1v) is 6.36. The zero-order chi connectivity index (χ0) is 11.5. The van der Waals surface area contributed by atoms with Gasteiger partial charge in [-0.05, 0) is 30.5 Å². The third-order valence-corrected chi connectivity index (χ3v) is 3.60. The van der Waals surface area contributed by atoms with E-state index in [2.05, 4.69) is 29.2 Å². The maximum absolute atomic E-state index is 4.45.